The molecule has 1 aliphatic carbocycles. The van der Waals surface area contributed by atoms with Crippen LogP contribution in [-0.2, 0) is 4.74 Å². The van der Waals surface area contributed by atoms with Gasteiger partial charge in [-0.2, -0.15) is 0 Å². The van der Waals surface area contributed by atoms with Crippen LogP contribution in [0.25, 0.3) is 0 Å². The fourth-order valence-corrected chi connectivity index (χ4v) is 4.30. The second-order valence-corrected chi connectivity index (χ2v) is 6.55. The summed E-state index contributed by atoms with van der Waals surface area (Å²) in [4.78, 5) is 5.14. The van der Waals surface area contributed by atoms with Crippen LogP contribution in [0.1, 0.15) is 45.4 Å². The first kappa shape index (κ1) is 16.2. The van der Waals surface area contributed by atoms with E-state index >= 15 is 0 Å². The van der Waals surface area contributed by atoms with E-state index < -0.39 is 0 Å². The van der Waals surface area contributed by atoms with Crippen molar-refractivity contribution in [2.45, 2.75) is 63.1 Å². The molecule has 0 amide bonds. The highest BCUT2D eigenvalue weighted by atomic mass is 16.5. The average molecular weight is 283 g/mol. The minimum absolute atomic E-state index is 0.0616. The monoisotopic (exact) mass is 283 g/mol. The lowest BCUT2D eigenvalue weighted by Crippen LogP contribution is -2.65. The Hall–Kier alpha value is -0.160. The molecule has 0 aromatic heterocycles. The Kier molecular flexibility index (Phi) is 5.84. The van der Waals surface area contributed by atoms with Crippen LogP contribution in [0.2, 0.25) is 0 Å². The highest BCUT2D eigenvalue weighted by Crippen LogP contribution is 2.37. The van der Waals surface area contributed by atoms with E-state index in [2.05, 4.69) is 23.8 Å². The Labute approximate surface area is 124 Å². The van der Waals surface area contributed by atoms with Crippen molar-refractivity contribution in [3.8, 4) is 0 Å². The summed E-state index contributed by atoms with van der Waals surface area (Å²) in [6.07, 6.45) is 7.75. The number of methoxy groups -OCH3 is 1. The molecule has 2 aliphatic rings. The van der Waals surface area contributed by atoms with Gasteiger partial charge in [0, 0.05) is 19.7 Å². The summed E-state index contributed by atoms with van der Waals surface area (Å²) in [7, 11) is 4.14. The first-order chi connectivity index (χ1) is 9.67. The van der Waals surface area contributed by atoms with Crippen LogP contribution in [0.3, 0.4) is 0 Å². The van der Waals surface area contributed by atoms with Crippen molar-refractivity contribution in [2.75, 3.05) is 40.3 Å². The first-order valence-electron chi connectivity index (χ1n) is 8.36. The van der Waals surface area contributed by atoms with Crippen molar-refractivity contribution >= 4 is 0 Å². The molecule has 1 heterocycles. The van der Waals surface area contributed by atoms with Gasteiger partial charge in [-0.3, -0.25) is 4.90 Å². The van der Waals surface area contributed by atoms with Crippen molar-refractivity contribution in [3.05, 3.63) is 0 Å². The number of hydrogen-bond acceptors (Lipinski definition) is 4. The number of rotatable bonds is 5. The van der Waals surface area contributed by atoms with Crippen LogP contribution in [0, 0.1) is 0 Å². The fourth-order valence-electron chi connectivity index (χ4n) is 4.30. The van der Waals surface area contributed by atoms with Gasteiger partial charge in [0.1, 0.15) is 0 Å². The minimum atomic E-state index is 0.0616. The standard InChI is InChI=1S/C16H33N3O/c1-4-19-11-8-14(9-12-19)18(2)16(13-17)10-6-5-7-15(16)20-3/h14-15H,4-13,17H2,1-3H3. The molecule has 2 fully saturated rings. The molecule has 2 N–H and O–H groups in total. The molecule has 0 radical (unpaired) electrons. The molecule has 0 aromatic carbocycles. The SMILES string of the molecule is CCN1CCC(N(C)C2(CN)CCCCC2OC)CC1. The molecule has 20 heavy (non-hydrogen) atoms. The van der Waals surface area contributed by atoms with Gasteiger partial charge in [0.2, 0.25) is 0 Å². The summed E-state index contributed by atoms with van der Waals surface area (Å²) in [6, 6.07) is 0.664. The number of nitrogens with zero attached hydrogens (tertiary/aromatic N) is 2. The summed E-state index contributed by atoms with van der Waals surface area (Å²) in [5.74, 6) is 0. The van der Waals surface area contributed by atoms with Crippen molar-refractivity contribution in [1.29, 1.82) is 0 Å². The predicted octanol–water partition coefficient (Wildman–Crippen LogP) is 1.69. The molecule has 1 aliphatic heterocycles. The lowest BCUT2D eigenvalue weighted by molar-refractivity contribution is -0.0877. The van der Waals surface area contributed by atoms with Gasteiger partial charge in [0.15, 0.2) is 0 Å². The Morgan fingerprint density at radius 2 is 1.95 bits per heavy atom. The zero-order valence-corrected chi connectivity index (χ0v) is 13.6. The third-order valence-corrected chi connectivity index (χ3v) is 5.82. The second kappa shape index (κ2) is 7.21. The zero-order valence-electron chi connectivity index (χ0n) is 13.6. The van der Waals surface area contributed by atoms with Gasteiger partial charge in [-0.1, -0.05) is 19.8 Å². The lowest BCUT2D eigenvalue weighted by atomic mass is 9.76. The summed E-state index contributed by atoms with van der Waals surface area (Å²) < 4.78 is 5.82. The normalized spacial score (nSPS) is 33.8. The summed E-state index contributed by atoms with van der Waals surface area (Å²) >= 11 is 0. The highest BCUT2D eigenvalue weighted by molar-refractivity contribution is 5.02. The van der Waals surface area contributed by atoms with Crippen LogP contribution >= 0.6 is 0 Å². The number of likely N-dealkylation sites (tertiary alicyclic amines) is 1. The minimum Gasteiger partial charge on any atom is -0.379 e. The topological polar surface area (TPSA) is 41.7 Å². The van der Waals surface area contributed by atoms with Gasteiger partial charge < -0.3 is 15.4 Å². The summed E-state index contributed by atoms with van der Waals surface area (Å²) in [5, 5.41) is 0. The van der Waals surface area contributed by atoms with Gasteiger partial charge in [0.25, 0.3) is 0 Å². The quantitative estimate of drug-likeness (QED) is 0.834. The van der Waals surface area contributed by atoms with E-state index in [9.17, 15) is 0 Å². The number of ether oxygens (including phenoxy) is 1. The molecule has 4 nitrogen and oxygen atoms in total. The molecule has 4 heteroatoms. The molecular formula is C16H33N3O. The Bertz CT molecular complexity index is 291. The molecule has 118 valence electrons. The smallest absolute Gasteiger partial charge is 0.0767 e. The van der Waals surface area contributed by atoms with Crippen LogP contribution in [-0.4, -0.2) is 67.8 Å². The third kappa shape index (κ3) is 3.03. The second-order valence-electron chi connectivity index (χ2n) is 6.55. The van der Waals surface area contributed by atoms with E-state index in [0.29, 0.717) is 12.1 Å². The Morgan fingerprint density at radius 3 is 2.50 bits per heavy atom. The third-order valence-electron chi connectivity index (χ3n) is 5.82. The van der Waals surface area contributed by atoms with Gasteiger partial charge in [-0.25, -0.2) is 0 Å². The van der Waals surface area contributed by atoms with Gasteiger partial charge in [-0.15, -0.1) is 0 Å². The maximum absolute atomic E-state index is 6.23. The van der Waals surface area contributed by atoms with E-state index in [0.717, 1.165) is 13.0 Å². The van der Waals surface area contributed by atoms with Crippen molar-refractivity contribution < 1.29 is 4.74 Å². The highest BCUT2D eigenvalue weighted by Gasteiger charge is 2.45. The van der Waals surface area contributed by atoms with Crippen molar-refractivity contribution in [2.24, 2.45) is 5.73 Å². The molecule has 1 saturated carbocycles. The first-order valence-corrected chi connectivity index (χ1v) is 8.36. The van der Waals surface area contributed by atoms with E-state index in [-0.39, 0.29) is 5.54 Å². The molecule has 0 spiro atoms. The van der Waals surface area contributed by atoms with E-state index in [4.69, 9.17) is 10.5 Å². The zero-order chi connectivity index (χ0) is 14.6. The van der Waals surface area contributed by atoms with Crippen LogP contribution < -0.4 is 5.73 Å². The number of likely N-dealkylation sites (N-methyl/N-ethyl adjacent to an activating group) is 1. The molecule has 0 bridgehead atoms. The molecule has 1 saturated heterocycles. The fraction of sp³-hybridized carbons (Fsp3) is 1.00. The molecule has 2 atom stereocenters. The molecule has 0 aromatic rings. The average Bonchev–Trinajstić information content (AvgIpc) is 2.54. The number of nitrogens with two attached hydrogens (primary N) is 1. The lowest BCUT2D eigenvalue weighted by Gasteiger charge is -2.52. The van der Waals surface area contributed by atoms with Crippen LogP contribution in [0.5, 0.6) is 0 Å². The maximum Gasteiger partial charge on any atom is 0.0767 e. The predicted molar refractivity (Wildman–Crippen MR) is 83.9 cm³/mol. The van der Waals surface area contributed by atoms with E-state index in [1.807, 2.05) is 7.11 Å². The number of piperidine rings is 1. The van der Waals surface area contributed by atoms with E-state index in [1.54, 1.807) is 0 Å². The Balaban J connectivity index is 2.06. The molecule has 2 unspecified atom stereocenters. The molecule has 2 rings (SSSR count). The largest absolute Gasteiger partial charge is 0.379 e. The maximum atomic E-state index is 6.23. The van der Waals surface area contributed by atoms with E-state index in [1.165, 1.54) is 51.7 Å². The van der Waals surface area contributed by atoms with Crippen LogP contribution in [0.15, 0.2) is 0 Å². The summed E-state index contributed by atoms with van der Waals surface area (Å²) in [5.41, 5.74) is 6.29. The summed E-state index contributed by atoms with van der Waals surface area (Å²) in [6.45, 7) is 6.61. The number of hydrogen-bond donors (Lipinski definition) is 1. The Morgan fingerprint density at radius 1 is 1.25 bits per heavy atom. The van der Waals surface area contributed by atoms with Crippen molar-refractivity contribution in [3.63, 3.8) is 0 Å². The molecular weight excluding hydrogens is 250 g/mol. The van der Waals surface area contributed by atoms with Gasteiger partial charge >= 0.3 is 0 Å². The van der Waals surface area contributed by atoms with Gasteiger partial charge in [-0.05, 0) is 52.4 Å². The van der Waals surface area contributed by atoms with Crippen molar-refractivity contribution in [1.82, 2.24) is 9.80 Å². The van der Waals surface area contributed by atoms with Gasteiger partial charge in [0.05, 0.1) is 11.6 Å². The van der Waals surface area contributed by atoms with Crippen LogP contribution in [0.4, 0.5) is 0 Å².